The molecule has 0 amide bonds. The predicted molar refractivity (Wildman–Crippen MR) is 242 cm³/mol. The van der Waals surface area contributed by atoms with Crippen molar-refractivity contribution in [2.45, 2.75) is 5.41 Å². The summed E-state index contributed by atoms with van der Waals surface area (Å²) in [5.41, 5.74) is 18.6. The fourth-order valence-corrected chi connectivity index (χ4v) is 9.41. The van der Waals surface area contributed by atoms with E-state index < -0.39 is 5.41 Å². The molecule has 0 heterocycles. The van der Waals surface area contributed by atoms with Crippen molar-refractivity contribution in [3.63, 3.8) is 0 Å². The van der Waals surface area contributed by atoms with Gasteiger partial charge < -0.3 is 15.1 Å². The van der Waals surface area contributed by atoms with Crippen molar-refractivity contribution in [2.24, 2.45) is 0 Å². The standard InChI is InChI=1S/C55H39N3/c1-5-17-39(18-6-1)56-40-29-35-49-50-36-34-46(38-54(50)55(53(49)37-40)51-27-15-13-25-47(51)48-26-14-16-28-52(48)55)58(43-23-11-4-12-24-43)45-32-30-44(31-33-45)57(41-19-7-2-8-20-41)42-21-9-3-10-22-42/h1-38,56H. The minimum atomic E-state index is -0.500. The SMILES string of the molecule is c1ccc(Nc2ccc3c(c2)C2(c4ccccc4-c4ccccc42)c2cc(N(c4ccccc4)c4ccc(N(c5ccccc5)c5ccccc5)cc4)ccc2-3)cc1. The highest BCUT2D eigenvalue weighted by atomic mass is 15.2. The lowest BCUT2D eigenvalue weighted by molar-refractivity contribution is 0.794. The topological polar surface area (TPSA) is 18.5 Å². The molecule has 274 valence electrons. The maximum absolute atomic E-state index is 3.71. The van der Waals surface area contributed by atoms with Gasteiger partial charge in [-0.2, -0.15) is 0 Å². The van der Waals surface area contributed by atoms with E-state index in [1.807, 2.05) is 0 Å². The average molecular weight is 742 g/mol. The van der Waals surface area contributed by atoms with Crippen molar-refractivity contribution in [2.75, 3.05) is 15.1 Å². The molecular formula is C55H39N3. The minimum Gasteiger partial charge on any atom is -0.356 e. The van der Waals surface area contributed by atoms with E-state index in [0.717, 1.165) is 45.5 Å². The second-order valence-electron chi connectivity index (χ2n) is 15.0. The molecule has 3 heteroatoms. The monoisotopic (exact) mass is 741 g/mol. The zero-order chi connectivity index (χ0) is 38.5. The minimum absolute atomic E-state index is 0.500. The van der Waals surface area contributed by atoms with Crippen molar-refractivity contribution in [3.8, 4) is 22.3 Å². The summed E-state index contributed by atoms with van der Waals surface area (Å²) >= 11 is 0. The Morgan fingerprint density at radius 3 is 1.14 bits per heavy atom. The Hall–Kier alpha value is -7.62. The van der Waals surface area contributed by atoms with Crippen LogP contribution in [-0.4, -0.2) is 0 Å². The van der Waals surface area contributed by atoms with E-state index in [-0.39, 0.29) is 0 Å². The van der Waals surface area contributed by atoms with Gasteiger partial charge >= 0.3 is 0 Å². The molecule has 2 aliphatic rings. The van der Waals surface area contributed by atoms with Crippen LogP contribution in [0.3, 0.4) is 0 Å². The molecule has 1 N–H and O–H groups in total. The van der Waals surface area contributed by atoms with Crippen LogP contribution >= 0.6 is 0 Å². The number of para-hydroxylation sites is 4. The highest BCUT2D eigenvalue weighted by Crippen LogP contribution is 2.63. The quantitative estimate of drug-likeness (QED) is 0.167. The van der Waals surface area contributed by atoms with Crippen LogP contribution in [-0.2, 0) is 5.41 Å². The van der Waals surface area contributed by atoms with Crippen molar-refractivity contribution >= 4 is 45.5 Å². The van der Waals surface area contributed by atoms with E-state index in [0.29, 0.717) is 0 Å². The highest BCUT2D eigenvalue weighted by Gasteiger charge is 2.52. The van der Waals surface area contributed by atoms with Crippen LogP contribution in [0, 0.1) is 0 Å². The fraction of sp³-hybridized carbons (Fsp3) is 0.0182. The van der Waals surface area contributed by atoms with Gasteiger partial charge in [0.25, 0.3) is 0 Å². The number of benzene rings is 9. The van der Waals surface area contributed by atoms with Gasteiger partial charge in [-0.3, -0.25) is 0 Å². The Kier molecular flexibility index (Phi) is 8.04. The molecule has 9 aromatic carbocycles. The highest BCUT2D eigenvalue weighted by molar-refractivity contribution is 5.97. The fourth-order valence-electron chi connectivity index (χ4n) is 9.41. The summed E-state index contributed by atoms with van der Waals surface area (Å²) in [4.78, 5) is 4.70. The second-order valence-corrected chi connectivity index (χ2v) is 15.0. The first-order chi connectivity index (χ1) is 28.8. The molecule has 58 heavy (non-hydrogen) atoms. The molecule has 0 unspecified atom stereocenters. The zero-order valence-corrected chi connectivity index (χ0v) is 31.8. The second kappa shape index (κ2) is 13.8. The van der Waals surface area contributed by atoms with E-state index >= 15 is 0 Å². The van der Waals surface area contributed by atoms with E-state index in [4.69, 9.17) is 0 Å². The van der Waals surface area contributed by atoms with Crippen LogP contribution in [0.15, 0.2) is 231 Å². The van der Waals surface area contributed by atoms with Crippen LogP contribution in [0.4, 0.5) is 45.5 Å². The van der Waals surface area contributed by atoms with E-state index in [1.165, 1.54) is 44.5 Å². The van der Waals surface area contributed by atoms with Crippen LogP contribution in [0.1, 0.15) is 22.3 Å². The first-order valence-electron chi connectivity index (χ1n) is 19.9. The van der Waals surface area contributed by atoms with Crippen LogP contribution < -0.4 is 15.1 Å². The molecule has 3 nitrogen and oxygen atoms in total. The van der Waals surface area contributed by atoms with E-state index in [2.05, 4.69) is 246 Å². The van der Waals surface area contributed by atoms with Gasteiger partial charge in [0, 0.05) is 45.5 Å². The summed E-state index contributed by atoms with van der Waals surface area (Å²) in [5, 5.41) is 3.71. The summed E-state index contributed by atoms with van der Waals surface area (Å²) in [6.45, 7) is 0. The molecule has 1 spiro atoms. The molecule has 0 saturated carbocycles. The molecule has 0 saturated heterocycles. The number of nitrogens with one attached hydrogen (secondary N) is 1. The molecule has 11 rings (SSSR count). The summed E-state index contributed by atoms with van der Waals surface area (Å²) < 4.78 is 0. The van der Waals surface area contributed by atoms with Crippen LogP contribution in [0.2, 0.25) is 0 Å². The van der Waals surface area contributed by atoms with Crippen molar-refractivity contribution in [1.82, 2.24) is 0 Å². The molecule has 2 aliphatic carbocycles. The smallest absolute Gasteiger partial charge is 0.0727 e. The molecule has 0 bridgehead atoms. The number of fused-ring (bicyclic) bond motifs is 10. The Morgan fingerprint density at radius 2 is 0.621 bits per heavy atom. The number of rotatable bonds is 8. The molecule has 0 atom stereocenters. The summed E-state index contributed by atoms with van der Waals surface area (Å²) in [7, 11) is 0. The lowest BCUT2D eigenvalue weighted by Gasteiger charge is -2.32. The molecule has 0 radical (unpaired) electrons. The van der Waals surface area contributed by atoms with E-state index in [9.17, 15) is 0 Å². The van der Waals surface area contributed by atoms with Crippen molar-refractivity contribution < 1.29 is 0 Å². The van der Waals surface area contributed by atoms with Gasteiger partial charge in [-0.15, -0.1) is 0 Å². The van der Waals surface area contributed by atoms with Gasteiger partial charge in [0.2, 0.25) is 0 Å². The summed E-state index contributed by atoms with van der Waals surface area (Å²) in [5.74, 6) is 0. The summed E-state index contributed by atoms with van der Waals surface area (Å²) in [6.07, 6.45) is 0. The van der Waals surface area contributed by atoms with Gasteiger partial charge in [-0.25, -0.2) is 0 Å². The third-order valence-corrected chi connectivity index (χ3v) is 11.8. The van der Waals surface area contributed by atoms with E-state index in [1.54, 1.807) is 0 Å². The van der Waals surface area contributed by atoms with Gasteiger partial charge in [-0.05, 0) is 142 Å². The van der Waals surface area contributed by atoms with Crippen LogP contribution in [0.5, 0.6) is 0 Å². The van der Waals surface area contributed by atoms with Gasteiger partial charge in [0.05, 0.1) is 5.41 Å². The van der Waals surface area contributed by atoms with Crippen molar-refractivity contribution in [1.29, 1.82) is 0 Å². The summed E-state index contributed by atoms with van der Waals surface area (Å²) in [6, 6.07) is 83.4. The maximum Gasteiger partial charge on any atom is 0.0727 e. The molecule has 0 aliphatic heterocycles. The number of anilines is 8. The number of hydrogen-bond acceptors (Lipinski definition) is 3. The molecular weight excluding hydrogens is 703 g/mol. The van der Waals surface area contributed by atoms with Gasteiger partial charge in [0.15, 0.2) is 0 Å². The largest absolute Gasteiger partial charge is 0.356 e. The Bertz CT molecular complexity index is 2820. The Balaban J connectivity index is 1.09. The zero-order valence-electron chi connectivity index (χ0n) is 31.8. The molecule has 9 aromatic rings. The normalized spacial score (nSPS) is 12.6. The number of nitrogens with zero attached hydrogens (tertiary/aromatic N) is 2. The van der Waals surface area contributed by atoms with Gasteiger partial charge in [0.1, 0.15) is 0 Å². The van der Waals surface area contributed by atoms with Gasteiger partial charge in [-0.1, -0.05) is 133 Å². The molecule has 0 fully saturated rings. The first kappa shape index (κ1) is 33.7. The van der Waals surface area contributed by atoms with Crippen molar-refractivity contribution in [3.05, 3.63) is 253 Å². The maximum atomic E-state index is 3.71. The average Bonchev–Trinajstić information content (AvgIpc) is 3.75. The third-order valence-electron chi connectivity index (χ3n) is 11.8. The number of hydrogen-bond donors (Lipinski definition) is 1. The lowest BCUT2D eigenvalue weighted by atomic mass is 9.70. The lowest BCUT2D eigenvalue weighted by Crippen LogP contribution is -2.26. The first-order valence-corrected chi connectivity index (χ1v) is 19.9. The Morgan fingerprint density at radius 1 is 0.259 bits per heavy atom. The molecule has 0 aromatic heterocycles. The van der Waals surface area contributed by atoms with Crippen LogP contribution in [0.25, 0.3) is 22.3 Å². The predicted octanol–water partition coefficient (Wildman–Crippen LogP) is 14.7. The third kappa shape index (κ3) is 5.36. The Labute approximate surface area is 339 Å².